The fourth-order valence-corrected chi connectivity index (χ4v) is 2.26. The Balaban J connectivity index is 2.78. The van der Waals surface area contributed by atoms with Gasteiger partial charge in [-0.2, -0.15) is 11.8 Å². The van der Waals surface area contributed by atoms with Gasteiger partial charge < -0.3 is 4.90 Å². The Hall–Kier alpha value is 0.110. The molecule has 1 heterocycles. The Morgan fingerprint density at radius 2 is 2.33 bits per heavy atom. The van der Waals surface area contributed by atoms with Gasteiger partial charge in [0, 0.05) is 29.5 Å². The van der Waals surface area contributed by atoms with Gasteiger partial charge >= 0.3 is 0 Å². The molecule has 0 unspecified atom stereocenters. The van der Waals surface area contributed by atoms with E-state index >= 15 is 0 Å². The van der Waals surface area contributed by atoms with Crippen molar-refractivity contribution >= 4 is 27.7 Å². The first kappa shape index (κ1) is 10.2. The summed E-state index contributed by atoms with van der Waals surface area (Å²) in [5.41, 5.74) is 2.78. The molecule has 0 aromatic carbocycles. The van der Waals surface area contributed by atoms with Crippen molar-refractivity contribution in [3.8, 4) is 0 Å². The molecule has 68 valence electrons. The molecular formula is C9H14BrNS. The summed E-state index contributed by atoms with van der Waals surface area (Å²) < 4.78 is 1.30. The van der Waals surface area contributed by atoms with Crippen LogP contribution in [0.5, 0.6) is 0 Å². The average molecular weight is 248 g/mol. The number of hydrogen-bond acceptors (Lipinski definition) is 2. The normalized spacial score (nSPS) is 18.3. The van der Waals surface area contributed by atoms with Crippen LogP contribution >= 0.6 is 27.7 Å². The minimum absolute atomic E-state index is 1.01. The fourth-order valence-electron chi connectivity index (χ4n) is 1.17. The molecule has 1 rings (SSSR count). The van der Waals surface area contributed by atoms with Crippen molar-refractivity contribution in [1.29, 1.82) is 0 Å². The highest BCUT2D eigenvalue weighted by Crippen LogP contribution is 2.24. The average Bonchev–Trinajstić information content (AvgIpc) is 2.01. The first-order valence-corrected chi connectivity index (χ1v) is 6.09. The van der Waals surface area contributed by atoms with E-state index in [9.17, 15) is 0 Å². The molecule has 0 aromatic rings. The van der Waals surface area contributed by atoms with Crippen molar-refractivity contribution < 1.29 is 0 Å². The molecule has 0 radical (unpaired) electrons. The first-order valence-electron chi connectivity index (χ1n) is 3.91. The Labute approximate surface area is 87.0 Å². The molecule has 0 aliphatic carbocycles. The van der Waals surface area contributed by atoms with Crippen LogP contribution < -0.4 is 0 Å². The Morgan fingerprint density at radius 3 is 2.92 bits per heavy atom. The first-order chi connectivity index (χ1) is 5.65. The second-order valence-corrected chi connectivity index (χ2v) is 4.84. The van der Waals surface area contributed by atoms with Crippen molar-refractivity contribution in [3.63, 3.8) is 0 Å². The van der Waals surface area contributed by atoms with E-state index in [2.05, 4.69) is 47.1 Å². The summed E-state index contributed by atoms with van der Waals surface area (Å²) in [5.74, 6) is 1.11. The number of rotatable bonds is 2. The summed E-state index contributed by atoms with van der Waals surface area (Å²) in [5, 5.41) is 0. The van der Waals surface area contributed by atoms with Crippen LogP contribution in [0, 0.1) is 0 Å². The quantitative estimate of drug-likeness (QED) is 0.739. The van der Waals surface area contributed by atoms with Gasteiger partial charge in [0.05, 0.1) is 0 Å². The molecule has 1 aliphatic rings. The summed E-state index contributed by atoms with van der Waals surface area (Å²) in [7, 11) is 2.13. The molecule has 0 fully saturated rings. The summed E-state index contributed by atoms with van der Waals surface area (Å²) >= 11 is 5.43. The van der Waals surface area contributed by atoms with Crippen molar-refractivity contribution in [2.75, 3.05) is 25.6 Å². The monoisotopic (exact) mass is 247 g/mol. The van der Waals surface area contributed by atoms with Gasteiger partial charge in [-0.05, 0) is 24.8 Å². The maximum atomic E-state index is 3.56. The van der Waals surface area contributed by atoms with Gasteiger partial charge in [0.1, 0.15) is 0 Å². The van der Waals surface area contributed by atoms with E-state index in [1.165, 1.54) is 15.8 Å². The summed E-state index contributed by atoms with van der Waals surface area (Å²) in [6.07, 6.45) is 4.39. The van der Waals surface area contributed by atoms with E-state index in [1.807, 2.05) is 11.8 Å². The van der Waals surface area contributed by atoms with Crippen LogP contribution in [-0.2, 0) is 0 Å². The number of halogens is 1. The molecule has 0 spiro atoms. The van der Waals surface area contributed by atoms with Gasteiger partial charge in [-0.25, -0.2) is 0 Å². The van der Waals surface area contributed by atoms with Crippen molar-refractivity contribution in [3.05, 3.63) is 21.8 Å². The molecule has 0 saturated carbocycles. The molecule has 0 bridgehead atoms. The second kappa shape index (κ2) is 4.38. The van der Waals surface area contributed by atoms with E-state index in [-0.39, 0.29) is 0 Å². The predicted molar refractivity (Wildman–Crippen MR) is 60.7 cm³/mol. The topological polar surface area (TPSA) is 3.24 Å². The Kier molecular flexibility index (Phi) is 3.72. The van der Waals surface area contributed by atoms with Gasteiger partial charge in [-0.3, -0.25) is 0 Å². The summed E-state index contributed by atoms with van der Waals surface area (Å²) in [6.45, 7) is 3.16. The smallest absolute Gasteiger partial charge is 0.0491 e. The third-order valence-electron chi connectivity index (χ3n) is 1.97. The SMILES string of the molecule is CSCC1=CC(C)=C(Br)CN1C. The summed E-state index contributed by atoms with van der Waals surface area (Å²) in [4.78, 5) is 2.29. The van der Waals surface area contributed by atoms with Crippen LogP contribution in [0.2, 0.25) is 0 Å². The molecule has 0 aromatic heterocycles. The molecule has 0 saturated heterocycles. The lowest BCUT2D eigenvalue weighted by atomic mass is 10.2. The molecule has 12 heavy (non-hydrogen) atoms. The van der Waals surface area contributed by atoms with Crippen LogP contribution in [0.1, 0.15) is 6.92 Å². The molecule has 0 atom stereocenters. The van der Waals surface area contributed by atoms with Gasteiger partial charge in [-0.1, -0.05) is 15.9 Å². The minimum Gasteiger partial charge on any atom is -0.372 e. The third-order valence-corrected chi connectivity index (χ3v) is 3.43. The lowest BCUT2D eigenvalue weighted by Gasteiger charge is -2.26. The van der Waals surface area contributed by atoms with Gasteiger partial charge in [0.25, 0.3) is 0 Å². The molecular weight excluding hydrogens is 234 g/mol. The number of allylic oxidation sites excluding steroid dienone is 2. The number of nitrogens with zero attached hydrogens (tertiary/aromatic N) is 1. The number of likely N-dealkylation sites (N-methyl/N-ethyl adjacent to an activating group) is 1. The van der Waals surface area contributed by atoms with Crippen LogP contribution in [0.4, 0.5) is 0 Å². The van der Waals surface area contributed by atoms with E-state index in [0.29, 0.717) is 0 Å². The fraction of sp³-hybridized carbons (Fsp3) is 0.556. The molecule has 1 aliphatic heterocycles. The van der Waals surface area contributed by atoms with Crippen molar-refractivity contribution in [2.45, 2.75) is 6.92 Å². The predicted octanol–water partition coefficient (Wildman–Crippen LogP) is 2.85. The lowest BCUT2D eigenvalue weighted by molar-refractivity contribution is 0.458. The van der Waals surface area contributed by atoms with E-state index in [4.69, 9.17) is 0 Å². The van der Waals surface area contributed by atoms with E-state index < -0.39 is 0 Å². The van der Waals surface area contributed by atoms with Crippen molar-refractivity contribution in [2.24, 2.45) is 0 Å². The summed E-state index contributed by atoms with van der Waals surface area (Å²) in [6, 6.07) is 0. The van der Waals surface area contributed by atoms with E-state index in [1.54, 1.807) is 0 Å². The molecule has 3 heteroatoms. The molecule has 0 N–H and O–H groups in total. The highest BCUT2D eigenvalue weighted by molar-refractivity contribution is 9.11. The van der Waals surface area contributed by atoms with Gasteiger partial charge in [0.15, 0.2) is 0 Å². The third kappa shape index (κ3) is 2.30. The second-order valence-electron chi connectivity index (χ2n) is 3.01. The molecule has 0 amide bonds. The largest absolute Gasteiger partial charge is 0.372 e. The van der Waals surface area contributed by atoms with Crippen LogP contribution in [0.15, 0.2) is 21.8 Å². The van der Waals surface area contributed by atoms with Crippen LogP contribution in [-0.4, -0.2) is 30.5 Å². The maximum absolute atomic E-state index is 3.56. The lowest BCUT2D eigenvalue weighted by Crippen LogP contribution is -2.24. The molecule has 1 nitrogen and oxygen atoms in total. The standard InChI is InChI=1S/C9H14BrNS/c1-7-4-8(6-12-3)11(2)5-9(7)10/h4H,5-6H2,1-3H3. The van der Waals surface area contributed by atoms with Gasteiger partial charge in [0.2, 0.25) is 0 Å². The Morgan fingerprint density at radius 1 is 1.67 bits per heavy atom. The van der Waals surface area contributed by atoms with Crippen LogP contribution in [0.3, 0.4) is 0 Å². The number of hydrogen-bond donors (Lipinski definition) is 0. The minimum atomic E-state index is 1.01. The number of thioether (sulfide) groups is 1. The Bertz CT molecular complexity index is 233. The van der Waals surface area contributed by atoms with Crippen LogP contribution in [0.25, 0.3) is 0 Å². The zero-order chi connectivity index (χ0) is 9.14. The highest BCUT2D eigenvalue weighted by atomic mass is 79.9. The zero-order valence-corrected chi connectivity index (χ0v) is 10.1. The highest BCUT2D eigenvalue weighted by Gasteiger charge is 2.12. The van der Waals surface area contributed by atoms with Gasteiger partial charge in [-0.15, -0.1) is 0 Å². The maximum Gasteiger partial charge on any atom is 0.0491 e. The zero-order valence-electron chi connectivity index (χ0n) is 7.72. The van der Waals surface area contributed by atoms with E-state index in [0.717, 1.165) is 12.3 Å². The van der Waals surface area contributed by atoms with Crippen molar-refractivity contribution in [1.82, 2.24) is 4.90 Å².